The molecule has 1 saturated heterocycles. The second kappa shape index (κ2) is 7.45. The van der Waals surface area contributed by atoms with Crippen LogP contribution in [0, 0.1) is 23.7 Å². The molecule has 5 aliphatic rings. The van der Waals surface area contributed by atoms with E-state index in [0.717, 1.165) is 38.6 Å². The molecule has 1 aromatic rings. The molecular weight excluding hydrogens is 384 g/mol. The van der Waals surface area contributed by atoms with E-state index in [-0.39, 0.29) is 42.1 Å². The van der Waals surface area contributed by atoms with E-state index in [9.17, 15) is 14.7 Å². The molecule has 2 heterocycles. The van der Waals surface area contributed by atoms with Gasteiger partial charge < -0.3 is 24.8 Å². The third-order valence-electron chi connectivity index (χ3n) is 7.67. The Labute approximate surface area is 176 Å². The van der Waals surface area contributed by atoms with Crippen LogP contribution >= 0.6 is 0 Å². The normalized spacial score (nSPS) is 34.9. The standard InChI is InChI=1S/C23H30N2O5/c1-29-17-6-7-18-20(10-17)30-23(24-21(18)27)11-15-4-5-16(23)9-19(15)22(28)25-8-2-3-14(12-25)13-26/h6-7,10,14-16,19,26H,2-5,8-9,11-13H2,1H3,(H,24,27)/t14-,15+,16+,19-,23-/m0/s1. The molecule has 2 bridgehead atoms. The van der Waals surface area contributed by atoms with Crippen LogP contribution in [0.1, 0.15) is 48.9 Å². The molecule has 0 radical (unpaired) electrons. The number of nitrogens with zero attached hydrogens (tertiary/aromatic N) is 1. The van der Waals surface area contributed by atoms with Gasteiger partial charge in [-0.1, -0.05) is 0 Å². The van der Waals surface area contributed by atoms with E-state index in [1.807, 2.05) is 4.90 Å². The van der Waals surface area contributed by atoms with E-state index in [1.165, 1.54) is 0 Å². The lowest BCUT2D eigenvalue weighted by molar-refractivity contribution is -0.157. The Kier molecular flexibility index (Phi) is 4.88. The van der Waals surface area contributed by atoms with Gasteiger partial charge in [0.05, 0.1) is 12.7 Å². The van der Waals surface area contributed by atoms with Gasteiger partial charge in [-0.25, -0.2) is 0 Å². The van der Waals surface area contributed by atoms with Crippen molar-refractivity contribution < 1.29 is 24.2 Å². The number of ether oxygens (including phenoxy) is 2. The summed E-state index contributed by atoms with van der Waals surface area (Å²) in [5.74, 6) is 1.83. The highest BCUT2D eigenvalue weighted by Crippen LogP contribution is 2.53. The molecule has 5 atom stereocenters. The van der Waals surface area contributed by atoms with Gasteiger partial charge in [0.1, 0.15) is 11.5 Å². The highest BCUT2D eigenvalue weighted by molar-refractivity contribution is 5.98. The fourth-order valence-corrected chi connectivity index (χ4v) is 6.07. The van der Waals surface area contributed by atoms with Crippen LogP contribution in [0.3, 0.4) is 0 Å². The number of aliphatic hydroxyl groups is 1. The molecule has 7 nitrogen and oxygen atoms in total. The summed E-state index contributed by atoms with van der Waals surface area (Å²) in [6, 6.07) is 5.28. The monoisotopic (exact) mass is 414 g/mol. The Morgan fingerprint density at radius 2 is 2.23 bits per heavy atom. The quantitative estimate of drug-likeness (QED) is 0.792. The smallest absolute Gasteiger partial charge is 0.258 e. The van der Waals surface area contributed by atoms with E-state index in [2.05, 4.69) is 5.32 Å². The van der Waals surface area contributed by atoms with Crippen molar-refractivity contribution in [1.29, 1.82) is 0 Å². The molecule has 4 fully saturated rings. The van der Waals surface area contributed by atoms with Crippen LogP contribution in [-0.4, -0.2) is 54.4 Å². The van der Waals surface area contributed by atoms with E-state index >= 15 is 0 Å². The minimum absolute atomic E-state index is 0.0148. The van der Waals surface area contributed by atoms with Gasteiger partial charge >= 0.3 is 0 Å². The molecule has 7 heteroatoms. The van der Waals surface area contributed by atoms with Gasteiger partial charge in [0.25, 0.3) is 5.91 Å². The minimum atomic E-state index is -0.730. The molecule has 0 unspecified atom stereocenters. The maximum absolute atomic E-state index is 13.3. The topological polar surface area (TPSA) is 88.1 Å². The van der Waals surface area contributed by atoms with Crippen LogP contribution in [0.25, 0.3) is 0 Å². The molecule has 6 rings (SSSR count). The maximum atomic E-state index is 13.3. The number of hydrogen-bond acceptors (Lipinski definition) is 5. The first-order chi connectivity index (χ1) is 14.5. The number of rotatable bonds is 3. The lowest BCUT2D eigenvalue weighted by Crippen LogP contribution is -2.67. The zero-order valence-electron chi connectivity index (χ0n) is 17.4. The van der Waals surface area contributed by atoms with Crippen molar-refractivity contribution in [2.75, 3.05) is 26.8 Å². The Bertz CT molecular complexity index is 858. The highest BCUT2D eigenvalue weighted by atomic mass is 16.5. The average molecular weight is 415 g/mol. The van der Waals surface area contributed by atoms with Crippen molar-refractivity contribution in [2.45, 2.75) is 44.2 Å². The zero-order valence-corrected chi connectivity index (χ0v) is 17.4. The number of piperidine rings is 1. The van der Waals surface area contributed by atoms with Gasteiger partial charge in [-0.15, -0.1) is 0 Å². The fraction of sp³-hybridized carbons (Fsp3) is 0.652. The SMILES string of the molecule is COc1ccc2c(c1)O[C@]1(C[C@H]3CC[C@@H]1C[C@@H]3C(=O)N1CCC[C@H](CO)C1)NC2=O. The summed E-state index contributed by atoms with van der Waals surface area (Å²) in [4.78, 5) is 28.1. The van der Waals surface area contributed by atoms with Gasteiger partial charge in [-0.05, 0) is 56.1 Å². The zero-order chi connectivity index (χ0) is 20.9. The maximum Gasteiger partial charge on any atom is 0.258 e. The Balaban J connectivity index is 1.35. The van der Waals surface area contributed by atoms with Crippen molar-refractivity contribution in [1.82, 2.24) is 10.2 Å². The molecule has 2 amide bonds. The molecule has 3 saturated carbocycles. The molecule has 2 N–H and O–H groups in total. The second-order valence-electron chi connectivity index (χ2n) is 9.36. The summed E-state index contributed by atoms with van der Waals surface area (Å²) in [6.07, 6.45) is 5.29. The number of nitrogens with one attached hydrogen (secondary N) is 1. The number of amides is 2. The lowest BCUT2D eigenvalue weighted by Gasteiger charge is -2.55. The average Bonchev–Trinajstić information content (AvgIpc) is 2.78. The number of benzene rings is 1. The van der Waals surface area contributed by atoms with Crippen LogP contribution in [0.15, 0.2) is 18.2 Å². The van der Waals surface area contributed by atoms with Gasteiger partial charge in [-0.2, -0.15) is 0 Å². The lowest BCUT2D eigenvalue weighted by atomic mass is 9.59. The van der Waals surface area contributed by atoms with E-state index in [0.29, 0.717) is 30.0 Å². The first kappa shape index (κ1) is 19.7. The molecule has 1 spiro atoms. The second-order valence-corrected chi connectivity index (χ2v) is 9.36. The summed E-state index contributed by atoms with van der Waals surface area (Å²) in [7, 11) is 1.60. The predicted molar refractivity (Wildman–Crippen MR) is 109 cm³/mol. The number of aliphatic hydroxyl groups excluding tert-OH is 1. The predicted octanol–water partition coefficient (Wildman–Crippen LogP) is 2.18. The molecule has 2 aliphatic heterocycles. The highest BCUT2D eigenvalue weighted by Gasteiger charge is 2.57. The van der Waals surface area contributed by atoms with Gasteiger partial charge in [0.2, 0.25) is 5.91 Å². The number of carbonyl (C=O) groups is 2. The van der Waals surface area contributed by atoms with Crippen molar-refractivity contribution in [3.63, 3.8) is 0 Å². The third-order valence-corrected chi connectivity index (χ3v) is 7.67. The molecule has 30 heavy (non-hydrogen) atoms. The van der Waals surface area contributed by atoms with Gasteiger partial charge in [0.15, 0.2) is 5.72 Å². The van der Waals surface area contributed by atoms with Crippen LogP contribution in [0.2, 0.25) is 0 Å². The number of carbonyl (C=O) groups excluding carboxylic acids is 2. The molecule has 162 valence electrons. The molecule has 1 aromatic carbocycles. The molecule has 0 aromatic heterocycles. The number of fused-ring (bicyclic) bond motifs is 3. The number of hydrogen-bond donors (Lipinski definition) is 2. The summed E-state index contributed by atoms with van der Waals surface area (Å²) >= 11 is 0. The van der Waals surface area contributed by atoms with Gasteiger partial charge in [0, 0.05) is 44.0 Å². The summed E-state index contributed by atoms with van der Waals surface area (Å²) in [5, 5.41) is 12.7. The summed E-state index contributed by atoms with van der Waals surface area (Å²) in [6.45, 7) is 1.59. The van der Waals surface area contributed by atoms with E-state index in [1.54, 1.807) is 25.3 Å². The number of likely N-dealkylation sites (tertiary alicyclic amines) is 1. The summed E-state index contributed by atoms with van der Waals surface area (Å²) < 4.78 is 11.8. The fourth-order valence-electron chi connectivity index (χ4n) is 6.07. The molecular formula is C23H30N2O5. The molecule has 3 aliphatic carbocycles. The van der Waals surface area contributed by atoms with Crippen LogP contribution in [0.5, 0.6) is 11.5 Å². The summed E-state index contributed by atoms with van der Waals surface area (Å²) in [5.41, 5.74) is -0.204. The minimum Gasteiger partial charge on any atom is -0.497 e. The van der Waals surface area contributed by atoms with E-state index < -0.39 is 5.72 Å². The Morgan fingerprint density at radius 3 is 2.97 bits per heavy atom. The van der Waals surface area contributed by atoms with Crippen LogP contribution in [0.4, 0.5) is 0 Å². The number of methoxy groups -OCH3 is 1. The first-order valence-corrected chi connectivity index (χ1v) is 11.1. The largest absolute Gasteiger partial charge is 0.497 e. The third kappa shape index (κ3) is 3.14. The van der Waals surface area contributed by atoms with Crippen molar-refractivity contribution in [3.8, 4) is 11.5 Å². The van der Waals surface area contributed by atoms with Crippen molar-refractivity contribution >= 4 is 11.8 Å². The van der Waals surface area contributed by atoms with Crippen molar-refractivity contribution in [2.24, 2.45) is 23.7 Å². The van der Waals surface area contributed by atoms with Gasteiger partial charge in [-0.3, -0.25) is 9.59 Å². The van der Waals surface area contributed by atoms with Crippen LogP contribution in [-0.2, 0) is 4.79 Å². The Morgan fingerprint density at radius 1 is 1.37 bits per heavy atom. The van der Waals surface area contributed by atoms with Crippen molar-refractivity contribution in [3.05, 3.63) is 23.8 Å². The van der Waals surface area contributed by atoms with Crippen LogP contribution < -0.4 is 14.8 Å². The van der Waals surface area contributed by atoms with E-state index in [4.69, 9.17) is 9.47 Å². The Hall–Kier alpha value is -2.28. The first-order valence-electron chi connectivity index (χ1n) is 11.1.